The average Bonchev–Trinajstić information content (AvgIpc) is 3.88. The highest BCUT2D eigenvalue weighted by atomic mass is 15.0. The van der Waals surface area contributed by atoms with Gasteiger partial charge in [0.2, 0.25) is 0 Å². The molecule has 2 heteroatoms. The largest absolute Gasteiger partial charge is 0.309 e. The summed E-state index contributed by atoms with van der Waals surface area (Å²) in [5.74, 6) is 0. The summed E-state index contributed by atoms with van der Waals surface area (Å²) in [4.78, 5) is 0. The number of allylic oxidation sites excluding steroid dienone is 8. The molecule has 2 aliphatic carbocycles. The van der Waals surface area contributed by atoms with E-state index in [0.717, 1.165) is 37.1 Å². The van der Waals surface area contributed by atoms with Crippen LogP contribution in [0, 0.1) is 0 Å². The summed E-state index contributed by atoms with van der Waals surface area (Å²) in [6, 6.07) is 71.9. The van der Waals surface area contributed by atoms with E-state index in [9.17, 15) is 0 Å². The minimum absolute atomic E-state index is 0.458. The van der Waals surface area contributed by atoms with Crippen molar-refractivity contribution in [1.29, 1.82) is 0 Å². The Hall–Kier alpha value is -7.68. The quantitative estimate of drug-likeness (QED) is 0.145. The van der Waals surface area contributed by atoms with Crippen LogP contribution in [0.3, 0.4) is 0 Å². The number of rotatable bonds is 8. The van der Waals surface area contributed by atoms with Crippen molar-refractivity contribution in [2.75, 3.05) is 0 Å². The molecule has 8 aromatic carbocycles. The van der Waals surface area contributed by atoms with Crippen LogP contribution >= 0.6 is 0 Å². The Kier molecular flexibility index (Phi) is 9.04. The lowest BCUT2D eigenvalue weighted by atomic mass is 9.62. The molecule has 0 saturated carbocycles. The number of fused-ring (bicyclic) bond motifs is 6. The SMILES string of the molecule is C1=CC(C(C2=CCCC=C2)(c2ccccc2)c2ccc3c(c2)c2cc(-c4ccccc4)ccc2n3-c2cccc(-c3ccc(-n4c5ccccc5c5ccccc54)cc3)c2)=CCC1. The first-order valence-electron chi connectivity index (χ1n) is 22.4. The second kappa shape index (κ2) is 15.3. The van der Waals surface area contributed by atoms with E-state index in [1.807, 2.05) is 0 Å². The van der Waals surface area contributed by atoms with Gasteiger partial charge in [-0.25, -0.2) is 0 Å². The molecule has 0 amide bonds. The Morgan fingerprint density at radius 2 is 0.825 bits per heavy atom. The molecular formula is C61H46N2. The number of hydrogen-bond acceptors (Lipinski definition) is 0. The van der Waals surface area contributed by atoms with E-state index < -0.39 is 5.41 Å². The first kappa shape index (κ1) is 37.1. The number of hydrogen-bond donors (Lipinski definition) is 0. The second-order valence-electron chi connectivity index (χ2n) is 17.0. The zero-order valence-electron chi connectivity index (χ0n) is 35.2. The summed E-state index contributed by atoms with van der Waals surface area (Å²) < 4.78 is 4.86. The van der Waals surface area contributed by atoms with Crippen LogP contribution in [-0.2, 0) is 5.41 Å². The monoisotopic (exact) mass is 806 g/mol. The Labute approximate surface area is 368 Å². The molecule has 2 nitrogen and oxygen atoms in total. The van der Waals surface area contributed by atoms with Gasteiger partial charge >= 0.3 is 0 Å². The summed E-state index contributed by atoms with van der Waals surface area (Å²) in [5.41, 5.74) is 16.8. The van der Waals surface area contributed by atoms with E-state index in [0.29, 0.717) is 0 Å². The first-order valence-corrected chi connectivity index (χ1v) is 22.4. The predicted octanol–water partition coefficient (Wildman–Crippen LogP) is 16.1. The van der Waals surface area contributed by atoms with Gasteiger partial charge < -0.3 is 9.13 Å². The van der Waals surface area contributed by atoms with Gasteiger partial charge in [0.05, 0.1) is 27.5 Å². The zero-order valence-corrected chi connectivity index (χ0v) is 35.2. The summed E-state index contributed by atoms with van der Waals surface area (Å²) in [5, 5.41) is 5.05. The molecule has 12 rings (SSSR count). The van der Waals surface area contributed by atoms with E-state index in [4.69, 9.17) is 0 Å². The van der Waals surface area contributed by atoms with Crippen molar-refractivity contribution >= 4 is 43.6 Å². The van der Waals surface area contributed by atoms with Gasteiger partial charge in [0.15, 0.2) is 0 Å². The van der Waals surface area contributed by atoms with Crippen molar-refractivity contribution in [3.05, 3.63) is 253 Å². The fraction of sp³-hybridized carbons (Fsp3) is 0.0820. The Balaban J connectivity index is 1.04. The molecule has 2 heterocycles. The molecule has 0 aliphatic heterocycles. The molecule has 0 unspecified atom stereocenters. The molecule has 0 fully saturated rings. The summed E-state index contributed by atoms with van der Waals surface area (Å²) in [6.45, 7) is 0. The highest BCUT2D eigenvalue weighted by molar-refractivity contribution is 6.11. The molecule has 300 valence electrons. The zero-order chi connectivity index (χ0) is 41.7. The van der Waals surface area contributed by atoms with E-state index in [2.05, 4.69) is 240 Å². The third kappa shape index (κ3) is 6.09. The highest BCUT2D eigenvalue weighted by Crippen LogP contribution is 2.50. The molecule has 0 N–H and O–H groups in total. The van der Waals surface area contributed by atoms with E-state index in [1.54, 1.807) is 0 Å². The van der Waals surface area contributed by atoms with Crippen LogP contribution in [0.4, 0.5) is 0 Å². The molecule has 0 bridgehead atoms. The fourth-order valence-corrected chi connectivity index (χ4v) is 10.6. The van der Waals surface area contributed by atoms with Gasteiger partial charge in [0.1, 0.15) is 0 Å². The number of nitrogens with zero attached hydrogens (tertiary/aromatic N) is 2. The normalized spacial score (nSPS) is 14.2. The molecular weight excluding hydrogens is 761 g/mol. The third-order valence-electron chi connectivity index (χ3n) is 13.5. The Morgan fingerprint density at radius 1 is 0.317 bits per heavy atom. The lowest BCUT2D eigenvalue weighted by Crippen LogP contribution is -2.32. The maximum atomic E-state index is 2.51. The second-order valence-corrected chi connectivity index (χ2v) is 17.0. The molecule has 0 spiro atoms. The van der Waals surface area contributed by atoms with Gasteiger partial charge in [-0.3, -0.25) is 0 Å². The maximum Gasteiger partial charge on any atom is 0.0695 e. The Bertz CT molecular complexity index is 3390. The van der Waals surface area contributed by atoms with Crippen LogP contribution in [0.2, 0.25) is 0 Å². The molecule has 63 heavy (non-hydrogen) atoms. The molecule has 0 radical (unpaired) electrons. The average molecular weight is 807 g/mol. The van der Waals surface area contributed by atoms with Crippen molar-refractivity contribution in [3.63, 3.8) is 0 Å². The molecule has 10 aromatic rings. The summed E-state index contributed by atoms with van der Waals surface area (Å²) >= 11 is 0. The lowest BCUT2D eigenvalue weighted by molar-refractivity contribution is 0.718. The summed E-state index contributed by atoms with van der Waals surface area (Å²) in [6.07, 6.45) is 18.7. The maximum absolute atomic E-state index is 2.51. The number of para-hydroxylation sites is 2. The van der Waals surface area contributed by atoms with Crippen LogP contribution in [0.1, 0.15) is 36.8 Å². The molecule has 0 saturated heterocycles. The van der Waals surface area contributed by atoms with Gasteiger partial charge in [0, 0.05) is 32.9 Å². The van der Waals surface area contributed by atoms with E-state index >= 15 is 0 Å². The fourth-order valence-electron chi connectivity index (χ4n) is 10.6. The smallest absolute Gasteiger partial charge is 0.0695 e. The van der Waals surface area contributed by atoms with Crippen LogP contribution in [-0.4, -0.2) is 9.13 Å². The summed E-state index contributed by atoms with van der Waals surface area (Å²) in [7, 11) is 0. The van der Waals surface area contributed by atoms with Crippen molar-refractivity contribution < 1.29 is 0 Å². The highest BCUT2D eigenvalue weighted by Gasteiger charge is 2.41. The van der Waals surface area contributed by atoms with Gasteiger partial charge in [-0.1, -0.05) is 170 Å². The van der Waals surface area contributed by atoms with Crippen molar-refractivity contribution in [2.24, 2.45) is 0 Å². The molecule has 2 aromatic heterocycles. The van der Waals surface area contributed by atoms with Crippen molar-refractivity contribution in [3.8, 4) is 33.6 Å². The molecule has 2 aliphatic rings. The van der Waals surface area contributed by atoms with Gasteiger partial charge in [-0.05, 0) is 131 Å². The Morgan fingerprint density at radius 3 is 1.48 bits per heavy atom. The lowest BCUT2D eigenvalue weighted by Gasteiger charge is -2.40. The predicted molar refractivity (Wildman–Crippen MR) is 266 cm³/mol. The van der Waals surface area contributed by atoms with Crippen molar-refractivity contribution in [2.45, 2.75) is 31.1 Å². The van der Waals surface area contributed by atoms with Crippen molar-refractivity contribution in [1.82, 2.24) is 9.13 Å². The first-order chi connectivity index (χ1) is 31.3. The van der Waals surface area contributed by atoms with Crippen LogP contribution in [0.15, 0.2) is 242 Å². The van der Waals surface area contributed by atoms with Gasteiger partial charge in [-0.15, -0.1) is 0 Å². The topological polar surface area (TPSA) is 9.86 Å². The number of aromatic nitrogens is 2. The van der Waals surface area contributed by atoms with Gasteiger partial charge in [0.25, 0.3) is 0 Å². The minimum Gasteiger partial charge on any atom is -0.309 e. The van der Waals surface area contributed by atoms with Crippen LogP contribution in [0.5, 0.6) is 0 Å². The van der Waals surface area contributed by atoms with Crippen LogP contribution < -0.4 is 0 Å². The standard InChI is InChI=1S/C61H46N2/c1-5-18-43(19-6-1)46-34-38-59-55(41-46)56-42-50(61(47-21-7-2-8-22-47,48-23-9-3-10-24-48)49-25-11-4-12-26-49)35-39-60(56)63(59)52-27-17-20-45(40-52)44-32-36-51(37-33-44)62-57-30-15-13-28-53(57)54-29-14-16-31-58(54)62/h1-2,5-9,11,13-42H,3-4,10,12H2. The third-order valence-corrected chi connectivity index (χ3v) is 13.5. The number of benzene rings is 8. The van der Waals surface area contributed by atoms with E-state index in [-0.39, 0.29) is 0 Å². The van der Waals surface area contributed by atoms with E-state index in [1.165, 1.54) is 88.1 Å². The van der Waals surface area contributed by atoms with Gasteiger partial charge in [-0.2, -0.15) is 0 Å². The molecule has 0 atom stereocenters. The van der Waals surface area contributed by atoms with Crippen LogP contribution in [0.25, 0.3) is 77.2 Å². The minimum atomic E-state index is -0.458.